The van der Waals surface area contributed by atoms with Gasteiger partial charge in [-0.2, -0.15) is 0 Å². The van der Waals surface area contributed by atoms with Gasteiger partial charge in [-0.3, -0.25) is 19.3 Å². The number of aliphatic hydroxyl groups is 7. The molecule has 8 N–H and O–H groups in total. The maximum Gasteiger partial charge on any atom is 0.311 e. The van der Waals surface area contributed by atoms with Crippen molar-refractivity contribution in [1.29, 1.82) is 0 Å². The molecular formula is C53H87ClFN3O13. The average molecular weight is 1030 g/mol. The molecule has 4 aliphatic carbocycles. The molecule has 2 saturated heterocycles. The summed E-state index contributed by atoms with van der Waals surface area (Å²) in [6.07, 6.45) is -5.00. The lowest BCUT2D eigenvalue weighted by atomic mass is 9.46. The van der Waals surface area contributed by atoms with Crippen molar-refractivity contribution >= 4 is 29.3 Å². The Morgan fingerprint density at radius 2 is 1.62 bits per heavy atom. The molecule has 0 spiro atoms. The van der Waals surface area contributed by atoms with Crippen LogP contribution in [0.25, 0.3) is 0 Å². The second kappa shape index (κ2) is 21.1. The molecule has 1 amide bonds. The van der Waals surface area contributed by atoms with Gasteiger partial charge in [0.2, 0.25) is 0 Å². The van der Waals surface area contributed by atoms with Crippen molar-refractivity contribution in [2.24, 2.45) is 46.3 Å². The first-order chi connectivity index (χ1) is 32.8. The van der Waals surface area contributed by atoms with Crippen molar-refractivity contribution < 1.29 is 68.7 Å². The third-order valence-corrected chi connectivity index (χ3v) is 19.7. The van der Waals surface area contributed by atoms with E-state index in [0.717, 1.165) is 0 Å². The minimum Gasteiger partial charge on any atom is -0.459 e. The van der Waals surface area contributed by atoms with E-state index in [9.17, 15) is 50.1 Å². The number of aliphatic hydroxyl groups excluding tert-OH is 4. The van der Waals surface area contributed by atoms with E-state index in [1.807, 2.05) is 37.7 Å². The first-order valence-corrected chi connectivity index (χ1v) is 26.5. The molecule has 22 atom stereocenters. The smallest absolute Gasteiger partial charge is 0.311 e. The zero-order valence-corrected chi connectivity index (χ0v) is 45.2. The number of ketones is 1. The maximum absolute atomic E-state index is 16.1. The SMILES string of the molecule is CC[C@H]1OC(=O)C(C)[C@@H](O)[C@H](C)[C@@H](O[C@@H]2O[C@H](C)C[C@@H](N(C)C)[C@H]2O)[C@](C)(O)C[C@@H](C)CN(CCCNC(=O)[C@@]2(O)[C@H](C)CC3C4CC(F)=C5CC(=O)C=C[C@]5(C)[C@@]4(Cl)[C@@H](O)C[C@@]32C)[C@H](C)[C@@H](O)[C@]1(C)O. The number of cyclic esters (lactones) is 1. The van der Waals surface area contributed by atoms with Crippen molar-refractivity contribution in [2.45, 2.75) is 210 Å². The summed E-state index contributed by atoms with van der Waals surface area (Å²) < 4.78 is 34.7. The number of halogens is 2. The Labute approximate surface area is 425 Å². The fourth-order valence-corrected chi connectivity index (χ4v) is 15.0. The molecule has 16 nitrogen and oxygen atoms in total. The van der Waals surface area contributed by atoms with Gasteiger partial charge in [0, 0.05) is 61.3 Å². The topological polar surface area (TPSA) is 239 Å². The van der Waals surface area contributed by atoms with E-state index in [4.69, 9.17) is 25.8 Å². The summed E-state index contributed by atoms with van der Waals surface area (Å²) >= 11 is 7.54. The number of nitrogens with one attached hydrogen (secondary N) is 1. The van der Waals surface area contributed by atoms with E-state index in [2.05, 4.69) is 5.32 Å². The van der Waals surface area contributed by atoms with Crippen LogP contribution >= 0.6 is 11.6 Å². The van der Waals surface area contributed by atoms with Crippen LogP contribution in [-0.4, -0.2) is 180 Å². The van der Waals surface area contributed by atoms with Gasteiger partial charge >= 0.3 is 5.97 Å². The molecule has 2 saturated carbocycles. The van der Waals surface area contributed by atoms with Gasteiger partial charge in [-0.1, -0.05) is 47.6 Å². The van der Waals surface area contributed by atoms with Crippen molar-refractivity contribution in [1.82, 2.24) is 15.1 Å². The van der Waals surface area contributed by atoms with E-state index in [1.54, 1.807) is 54.5 Å². The first-order valence-electron chi connectivity index (χ1n) is 26.1. The van der Waals surface area contributed by atoms with Gasteiger partial charge < -0.3 is 60.2 Å². The molecule has 0 radical (unpaired) electrons. The molecule has 71 heavy (non-hydrogen) atoms. The van der Waals surface area contributed by atoms with Crippen LogP contribution in [0.1, 0.15) is 128 Å². The number of allylic oxidation sites excluding steroid dienone is 4. The Bertz CT molecular complexity index is 2030. The lowest BCUT2D eigenvalue weighted by Crippen LogP contribution is -2.69. The van der Waals surface area contributed by atoms with Gasteiger partial charge in [-0.25, -0.2) is 4.39 Å². The van der Waals surface area contributed by atoms with Crippen LogP contribution in [0.3, 0.4) is 0 Å². The van der Waals surface area contributed by atoms with Crippen LogP contribution < -0.4 is 5.32 Å². The first kappa shape index (κ1) is 58.1. The van der Waals surface area contributed by atoms with Crippen LogP contribution in [0.5, 0.6) is 0 Å². The lowest BCUT2D eigenvalue weighted by molar-refractivity contribution is -0.299. The molecule has 406 valence electrons. The molecule has 2 heterocycles. The van der Waals surface area contributed by atoms with Gasteiger partial charge in [0.05, 0.1) is 40.8 Å². The normalized spacial score (nSPS) is 49.3. The molecule has 6 rings (SSSR count). The van der Waals surface area contributed by atoms with E-state index < -0.39 is 129 Å². The van der Waals surface area contributed by atoms with Crippen LogP contribution in [-0.2, 0) is 28.6 Å². The summed E-state index contributed by atoms with van der Waals surface area (Å²) in [5.74, 6) is -6.27. The Hall–Kier alpha value is -2.13. The van der Waals surface area contributed by atoms with Crippen molar-refractivity contribution in [2.75, 3.05) is 33.7 Å². The highest BCUT2D eigenvalue weighted by Crippen LogP contribution is 2.71. The third-order valence-electron chi connectivity index (χ3n) is 18.8. The Morgan fingerprint density at radius 3 is 2.24 bits per heavy atom. The number of ether oxygens (including phenoxy) is 3. The number of amides is 1. The van der Waals surface area contributed by atoms with Gasteiger partial charge in [0.25, 0.3) is 5.91 Å². The molecule has 0 aromatic rings. The number of alkyl halides is 1. The monoisotopic (exact) mass is 1030 g/mol. The number of fused-ring (bicyclic) bond motifs is 5. The van der Waals surface area contributed by atoms with Crippen molar-refractivity contribution in [3.63, 3.8) is 0 Å². The third kappa shape index (κ3) is 10.1. The Morgan fingerprint density at radius 1 is 0.972 bits per heavy atom. The highest BCUT2D eigenvalue weighted by molar-refractivity contribution is 6.26. The zero-order valence-electron chi connectivity index (χ0n) is 44.4. The Balaban J connectivity index is 1.23. The largest absolute Gasteiger partial charge is 0.459 e. The van der Waals surface area contributed by atoms with Gasteiger partial charge in [0.15, 0.2) is 17.7 Å². The molecule has 18 heteroatoms. The predicted octanol–water partition coefficient (Wildman–Crippen LogP) is 3.77. The fourth-order valence-electron chi connectivity index (χ4n) is 14.5. The Kier molecular flexibility index (Phi) is 17.3. The zero-order chi connectivity index (χ0) is 53.3. The van der Waals surface area contributed by atoms with E-state index in [1.165, 1.54) is 19.9 Å². The predicted molar refractivity (Wildman–Crippen MR) is 264 cm³/mol. The molecule has 0 aromatic carbocycles. The van der Waals surface area contributed by atoms with E-state index in [-0.39, 0.29) is 81.2 Å². The highest BCUT2D eigenvalue weighted by Gasteiger charge is 2.75. The quantitative estimate of drug-likeness (QED) is 0.0933. The number of esters is 1. The summed E-state index contributed by atoms with van der Waals surface area (Å²) in [5.41, 5.74) is -7.72. The number of hydrogen-bond acceptors (Lipinski definition) is 15. The second-order valence-electron chi connectivity index (χ2n) is 24.1. The maximum atomic E-state index is 16.1. The van der Waals surface area contributed by atoms with Crippen LogP contribution in [0, 0.1) is 46.3 Å². The summed E-state index contributed by atoms with van der Waals surface area (Å²) in [7, 11) is 3.69. The number of carbonyl (C=O) groups excluding carboxylic acids is 3. The molecule has 2 aliphatic heterocycles. The number of nitrogens with zero attached hydrogens (tertiary/aromatic N) is 2. The standard InChI is InChI=1S/C53H87ClFN3O13/c1-14-40-51(11,67)43(63)32(7)58(26-27(2)24-50(10,66)44(30(5)41(61)31(6)45(64)70-40)71-46-42(62)38(57(12)13)21-29(4)69-46)19-15-18-56-47(65)53(68)28(3)20-34-35-23-37(55)36-22-33(59)16-17-48(36,8)52(35,54)39(60)25-49(34,53)9/h16-17,27-32,34-35,38-44,46,60-63,66-68H,14-15,18-26H2,1-13H3,(H,56,65)/t27-,28-,29-,30+,31?,32-,34?,35?,38-,39+,40-,41+,42-,43-,44-,46+,48+,49+,50-,51-,52+,53+/m1/s1. The summed E-state index contributed by atoms with van der Waals surface area (Å²) in [4.78, 5) is 43.2. The van der Waals surface area contributed by atoms with Crippen LogP contribution in [0.2, 0.25) is 0 Å². The summed E-state index contributed by atoms with van der Waals surface area (Å²) in [5, 5.41) is 87.5. The highest BCUT2D eigenvalue weighted by atomic mass is 35.5. The van der Waals surface area contributed by atoms with Gasteiger partial charge in [-0.15, -0.1) is 11.6 Å². The molecule has 0 bridgehead atoms. The fraction of sp³-hybridized carbons (Fsp3) is 0.868. The van der Waals surface area contributed by atoms with Crippen molar-refractivity contribution in [3.05, 3.63) is 23.6 Å². The molecule has 6 aliphatic rings. The molecule has 0 aromatic heterocycles. The van der Waals surface area contributed by atoms with Crippen LogP contribution in [0.15, 0.2) is 23.6 Å². The van der Waals surface area contributed by atoms with Crippen LogP contribution in [0.4, 0.5) is 4.39 Å². The number of carbonyl (C=O) groups is 3. The van der Waals surface area contributed by atoms with Gasteiger partial charge in [-0.05, 0) is 123 Å². The number of rotatable bonds is 9. The number of hydrogen-bond donors (Lipinski definition) is 8. The van der Waals surface area contributed by atoms with Gasteiger partial charge in [0.1, 0.15) is 29.7 Å². The summed E-state index contributed by atoms with van der Waals surface area (Å²) in [6.45, 7) is 19.3. The second-order valence-corrected chi connectivity index (χ2v) is 24.7. The summed E-state index contributed by atoms with van der Waals surface area (Å²) in [6, 6.07) is -1.11. The number of likely N-dealkylation sites (N-methyl/N-ethyl adjacent to an activating group) is 1. The minimum absolute atomic E-state index is 0.0381. The minimum atomic E-state index is -1.97. The molecule has 3 unspecified atom stereocenters. The average Bonchev–Trinajstić information content (AvgIpc) is 3.49. The lowest BCUT2D eigenvalue weighted by Gasteiger charge is -2.63. The molecule has 4 fully saturated rings. The molecular weight excluding hydrogens is 941 g/mol. The van der Waals surface area contributed by atoms with E-state index >= 15 is 4.39 Å². The van der Waals surface area contributed by atoms with Crippen molar-refractivity contribution in [3.8, 4) is 0 Å². The van der Waals surface area contributed by atoms with E-state index in [0.29, 0.717) is 19.3 Å².